The fourth-order valence-electron chi connectivity index (χ4n) is 3.11. The Labute approximate surface area is 113 Å². The first-order valence-electron chi connectivity index (χ1n) is 7.57. The molecule has 0 heterocycles. The zero-order valence-electron chi connectivity index (χ0n) is 12.6. The van der Waals surface area contributed by atoms with Crippen LogP contribution in [0.5, 0.6) is 0 Å². The molecule has 0 aromatic carbocycles. The van der Waals surface area contributed by atoms with Gasteiger partial charge in [0.2, 0.25) is 0 Å². The summed E-state index contributed by atoms with van der Waals surface area (Å²) in [5.74, 6) is 0. The average molecular weight is 253 g/mol. The first-order chi connectivity index (χ1) is 8.64. The van der Waals surface area contributed by atoms with Crippen molar-refractivity contribution in [3.05, 3.63) is 12.2 Å². The van der Waals surface area contributed by atoms with Gasteiger partial charge in [0.15, 0.2) is 0 Å². The minimum absolute atomic E-state index is 0.0723. The SMILES string of the molecule is C=C(C)CCC(NCCC)C1(OC)CCCCC1. The van der Waals surface area contributed by atoms with Gasteiger partial charge in [0.25, 0.3) is 0 Å². The Hall–Kier alpha value is -0.340. The van der Waals surface area contributed by atoms with Crippen molar-refractivity contribution in [2.24, 2.45) is 0 Å². The molecule has 1 unspecified atom stereocenters. The number of hydrogen-bond acceptors (Lipinski definition) is 2. The molecule has 0 aromatic rings. The third kappa shape index (κ3) is 4.40. The molecule has 2 heteroatoms. The van der Waals surface area contributed by atoms with Crippen LogP contribution in [0.3, 0.4) is 0 Å². The summed E-state index contributed by atoms with van der Waals surface area (Å²) in [6, 6.07) is 0.486. The van der Waals surface area contributed by atoms with E-state index in [2.05, 4.69) is 25.7 Å². The molecule has 0 saturated heterocycles. The van der Waals surface area contributed by atoms with Gasteiger partial charge in [-0.1, -0.05) is 31.8 Å². The van der Waals surface area contributed by atoms with Crippen LogP contribution in [-0.2, 0) is 4.74 Å². The van der Waals surface area contributed by atoms with Crippen LogP contribution in [0.2, 0.25) is 0 Å². The van der Waals surface area contributed by atoms with Gasteiger partial charge in [-0.2, -0.15) is 0 Å². The summed E-state index contributed by atoms with van der Waals surface area (Å²) in [5.41, 5.74) is 1.35. The Morgan fingerprint density at radius 1 is 1.33 bits per heavy atom. The predicted molar refractivity (Wildman–Crippen MR) is 79.0 cm³/mol. The lowest BCUT2D eigenvalue weighted by Crippen LogP contribution is -2.53. The molecule has 0 aliphatic heterocycles. The van der Waals surface area contributed by atoms with Crippen molar-refractivity contribution >= 4 is 0 Å². The standard InChI is InChI=1S/C16H31NO/c1-5-13-17-15(10-9-14(2)3)16(18-4)11-7-6-8-12-16/h15,17H,2,5-13H2,1,3-4H3. The molecule has 2 nitrogen and oxygen atoms in total. The van der Waals surface area contributed by atoms with E-state index < -0.39 is 0 Å². The van der Waals surface area contributed by atoms with E-state index in [0.717, 1.165) is 19.4 Å². The Balaban J connectivity index is 2.66. The highest BCUT2D eigenvalue weighted by molar-refractivity contribution is 4.98. The smallest absolute Gasteiger partial charge is 0.0831 e. The highest BCUT2D eigenvalue weighted by atomic mass is 16.5. The van der Waals surface area contributed by atoms with Crippen molar-refractivity contribution in [3.63, 3.8) is 0 Å². The average Bonchev–Trinajstić information content (AvgIpc) is 2.39. The lowest BCUT2D eigenvalue weighted by molar-refractivity contribution is -0.0691. The molecule has 0 aromatic heterocycles. The molecule has 18 heavy (non-hydrogen) atoms. The van der Waals surface area contributed by atoms with Crippen LogP contribution in [0, 0.1) is 0 Å². The third-order valence-electron chi connectivity index (χ3n) is 4.24. The lowest BCUT2D eigenvalue weighted by Gasteiger charge is -2.43. The van der Waals surface area contributed by atoms with Crippen molar-refractivity contribution in [1.29, 1.82) is 0 Å². The summed E-state index contributed by atoms with van der Waals surface area (Å²) in [7, 11) is 1.90. The summed E-state index contributed by atoms with van der Waals surface area (Å²) < 4.78 is 5.98. The normalized spacial score (nSPS) is 20.6. The van der Waals surface area contributed by atoms with Crippen molar-refractivity contribution in [3.8, 4) is 0 Å². The molecule has 1 saturated carbocycles. The Kier molecular flexibility index (Phi) is 6.95. The summed E-state index contributed by atoms with van der Waals surface area (Å²) in [5, 5.41) is 3.72. The zero-order chi connectivity index (χ0) is 13.4. The predicted octanol–water partition coefficient (Wildman–Crippen LogP) is 4.06. The first-order valence-corrected chi connectivity index (χ1v) is 7.57. The van der Waals surface area contributed by atoms with E-state index >= 15 is 0 Å². The summed E-state index contributed by atoms with van der Waals surface area (Å²) in [6.07, 6.45) is 9.85. The Morgan fingerprint density at radius 2 is 2.00 bits per heavy atom. The Bertz CT molecular complexity index is 243. The molecule has 1 aliphatic rings. The molecule has 1 rings (SSSR count). The van der Waals surface area contributed by atoms with Gasteiger partial charge in [0, 0.05) is 13.2 Å². The van der Waals surface area contributed by atoms with Crippen LogP contribution in [0.4, 0.5) is 0 Å². The van der Waals surface area contributed by atoms with Crippen molar-refractivity contribution < 1.29 is 4.74 Å². The number of nitrogens with one attached hydrogen (secondary N) is 1. The highest BCUT2D eigenvalue weighted by Crippen LogP contribution is 2.36. The molecule has 1 fully saturated rings. The molecular weight excluding hydrogens is 222 g/mol. The summed E-state index contributed by atoms with van der Waals surface area (Å²) in [6.45, 7) is 9.47. The third-order valence-corrected chi connectivity index (χ3v) is 4.24. The molecule has 0 radical (unpaired) electrons. The van der Waals surface area contributed by atoms with Gasteiger partial charge >= 0.3 is 0 Å². The molecule has 1 N–H and O–H groups in total. The topological polar surface area (TPSA) is 21.3 Å². The quantitative estimate of drug-likeness (QED) is 0.659. The van der Waals surface area contributed by atoms with Gasteiger partial charge in [-0.05, 0) is 45.6 Å². The van der Waals surface area contributed by atoms with Crippen LogP contribution < -0.4 is 5.32 Å². The van der Waals surface area contributed by atoms with Crippen molar-refractivity contribution in [2.45, 2.75) is 76.9 Å². The summed E-state index contributed by atoms with van der Waals surface area (Å²) in [4.78, 5) is 0. The fraction of sp³-hybridized carbons (Fsp3) is 0.875. The second-order valence-electron chi connectivity index (χ2n) is 5.83. The Morgan fingerprint density at radius 3 is 2.50 bits per heavy atom. The molecule has 0 amide bonds. The van der Waals surface area contributed by atoms with E-state index in [0.29, 0.717) is 6.04 Å². The number of rotatable bonds is 8. The van der Waals surface area contributed by atoms with E-state index in [1.54, 1.807) is 0 Å². The van der Waals surface area contributed by atoms with E-state index in [9.17, 15) is 0 Å². The monoisotopic (exact) mass is 253 g/mol. The van der Waals surface area contributed by atoms with Crippen molar-refractivity contribution in [1.82, 2.24) is 5.32 Å². The number of allylic oxidation sites excluding steroid dienone is 1. The van der Waals surface area contributed by atoms with E-state index in [-0.39, 0.29) is 5.60 Å². The molecule has 1 aliphatic carbocycles. The van der Waals surface area contributed by atoms with Gasteiger partial charge in [-0.3, -0.25) is 0 Å². The minimum Gasteiger partial charge on any atom is -0.377 e. The minimum atomic E-state index is 0.0723. The second kappa shape index (κ2) is 7.96. The summed E-state index contributed by atoms with van der Waals surface area (Å²) >= 11 is 0. The second-order valence-corrected chi connectivity index (χ2v) is 5.83. The number of methoxy groups -OCH3 is 1. The van der Waals surface area contributed by atoms with Gasteiger partial charge in [0.1, 0.15) is 0 Å². The van der Waals surface area contributed by atoms with Gasteiger partial charge in [-0.15, -0.1) is 6.58 Å². The largest absolute Gasteiger partial charge is 0.377 e. The molecule has 1 atom stereocenters. The fourth-order valence-corrected chi connectivity index (χ4v) is 3.11. The van der Waals surface area contributed by atoms with E-state index in [1.165, 1.54) is 44.1 Å². The lowest BCUT2D eigenvalue weighted by atomic mass is 9.77. The molecule has 0 bridgehead atoms. The number of ether oxygens (including phenoxy) is 1. The maximum absolute atomic E-state index is 5.98. The van der Waals surface area contributed by atoms with Crippen LogP contribution in [0.1, 0.15) is 65.2 Å². The maximum Gasteiger partial charge on any atom is 0.0831 e. The maximum atomic E-state index is 5.98. The molecule has 106 valence electrons. The van der Waals surface area contributed by atoms with Crippen LogP contribution >= 0.6 is 0 Å². The van der Waals surface area contributed by atoms with Gasteiger partial charge < -0.3 is 10.1 Å². The van der Waals surface area contributed by atoms with Crippen LogP contribution in [0.25, 0.3) is 0 Å². The first kappa shape index (κ1) is 15.7. The molecular formula is C16H31NO. The van der Waals surface area contributed by atoms with E-state index in [1.807, 2.05) is 7.11 Å². The highest BCUT2D eigenvalue weighted by Gasteiger charge is 2.39. The number of hydrogen-bond donors (Lipinski definition) is 1. The van der Waals surface area contributed by atoms with Crippen LogP contribution in [0.15, 0.2) is 12.2 Å². The molecule has 0 spiro atoms. The van der Waals surface area contributed by atoms with Gasteiger partial charge in [-0.25, -0.2) is 0 Å². The van der Waals surface area contributed by atoms with E-state index in [4.69, 9.17) is 4.74 Å². The van der Waals surface area contributed by atoms with Gasteiger partial charge in [0.05, 0.1) is 5.60 Å². The van der Waals surface area contributed by atoms with Crippen molar-refractivity contribution in [2.75, 3.05) is 13.7 Å². The zero-order valence-corrected chi connectivity index (χ0v) is 12.6. The van der Waals surface area contributed by atoms with Crippen LogP contribution in [-0.4, -0.2) is 25.3 Å².